The molecule has 3 heterocycles. The number of allylic oxidation sites excluding steroid dienone is 2. The minimum atomic E-state index is -0.672. The predicted molar refractivity (Wildman–Crippen MR) is 154 cm³/mol. The van der Waals surface area contributed by atoms with Crippen LogP contribution in [0.5, 0.6) is 5.75 Å². The Balaban J connectivity index is 1.39. The lowest BCUT2D eigenvalue weighted by Crippen LogP contribution is -2.23. The van der Waals surface area contributed by atoms with E-state index in [9.17, 15) is 14.0 Å². The summed E-state index contributed by atoms with van der Waals surface area (Å²) in [4.78, 5) is 12.9. The van der Waals surface area contributed by atoms with Crippen LogP contribution in [-0.2, 0) is 6.54 Å². The van der Waals surface area contributed by atoms with Gasteiger partial charge in [0.2, 0.25) is 0 Å². The number of fused-ring (bicyclic) bond motifs is 1. The van der Waals surface area contributed by atoms with Crippen molar-refractivity contribution in [3.8, 4) is 22.9 Å². The van der Waals surface area contributed by atoms with Crippen molar-refractivity contribution in [3.63, 3.8) is 0 Å². The highest BCUT2D eigenvalue weighted by Crippen LogP contribution is 2.34. The highest BCUT2D eigenvalue weighted by atomic mass is 19.1. The van der Waals surface area contributed by atoms with Crippen molar-refractivity contribution in [1.29, 1.82) is 5.26 Å². The molecule has 4 aromatic rings. The summed E-state index contributed by atoms with van der Waals surface area (Å²) < 4.78 is 35.1. The van der Waals surface area contributed by atoms with Gasteiger partial charge in [0.15, 0.2) is 0 Å². The van der Waals surface area contributed by atoms with Gasteiger partial charge in [-0.05, 0) is 55.3 Å². The second-order valence-electron chi connectivity index (χ2n) is 10.3. The Hall–Kier alpha value is -4.77. The first-order chi connectivity index (χ1) is 19.2. The van der Waals surface area contributed by atoms with Gasteiger partial charge in [-0.25, -0.2) is 13.8 Å². The van der Waals surface area contributed by atoms with E-state index in [1.165, 1.54) is 6.07 Å². The molecule has 0 spiro atoms. The van der Waals surface area contributed by atoms with Crippen LogP contribution in [0.2, 0.25) is 0 Å². The Labute approximate surface area is 232 Å². The van der Waals surface area contributed by atoms with Crippen LogP contribution >= 0.6 is 0 Å². The van der Waals surface area contributed by atoms with Gasteiger partial charge in [0, 0.05) is 67.4 Å². The van der Waals surface area contributed by atoms with Gasteiger partial charge in [0.1, 0.15) is 23.2 Å². The van der Waals surface area contributed by atoms with Crippen LogP contribution in [-0.4, -0.2) is 30.7 Å². The molecule has 0 unspecified atom stereocenters. The normalized spacial score (nSPS) is 13.2. The van der Waals surface area contributed by atoms with Crippen molar-refractivity contribution in [1.82, 2.24) is 9.97 Å². The van der Waals surface area contributed by atoms with Crippen LogP contribution in [0.15, 0.2) is 84.8 Å². The molecule has 8 heteroatoms. The number of halogens is 2. The number of nitrogens with zero attached hydrogens (tertiary/aromatic N) is 5. The van der Waals surface area contributed by atoms with E-state index in [4.69, 9.17) is 4.74 Å². The van der Waals surface area contributed by atoms with Crippen molar-refractivity contribution in [2.45, 2.75) is 20.4 Å². The molecule has 0 atom stereocenters. The van der Waals surface area contributed by atoms with E-state index in [0.29, 0.717) is 18.7 Å². The maximum Gasteiger partial charge on any atom is 0.149 e. The van der Waals surface area contributed by atoms with Crippen molar-refractivity contribution >= 4 is 22.4 Å². The molecule has 0 saturated heterocycles. The van der Waals surface area contributed by atoms with Crippen LogP contribution in [0.4, 0.5) is 20.3 Å². The van der Waals surface area contributed by atoms with Gasteiger partial charge in [-0.1, -0.05) is 18.2 Å². The summed E-state index contributed by atoms with van der Waals surface area (Å²) in [5, 5.41) is 10.1. The minimum Gasteiger partial charge on any atom is -0.497 e. The molecule has 2 aromatic heterocycles. The summed E-state index contributed by atoms with van der Waals surface area (Å²) in [5.74, 6) is 0.219. The number of anilines is 2. The SMILES string of the molecule is COc1ccc(CN(C)c2cc3ncc(-c4cc(N5C=CC(C(C)(C)C#N)=CC5)c(F)cc4F)cc3cn2)cc1. The lowest BCUT2D eigenvalue weighted by atomic mass is 9.84. The molecule has 0 saturated carbocycles. The van der Waals surface area contributed by atoms with Gasteiger partial charge in [-0.3, -0.25) is 4.98 Å². The number of rotatable bonds is 7. The Bertz CT molecular complexity index is 1670. The predicted octanol–water partition coefficient (Wildman–Crippen LogP) is 7.03. The van der Waals surface area contributed by atoms with Crippen LogP contribution < -0.4 is 14.5 Å². The summed E-state index contributed by atoms with van der Waals surface area (Å²) in [7, 11) is 3.59. The number of hydrogen-bond acceptors (Lipinski definition) is 6. The average molecular weight is 538 g/mol. The first kappa shape index (κ1) is 26.8. The zero-order valence-electron chi connectivity index (χ0n) is 22.8. The summed E-state index contributed by atoms with van der Waals surface area (Å²) in [6.07, 6.45) is 8.71. The zero-order chi connectivity index (χ0) is 28.4. The first-order valence-electron chi connectivity index (χ1n) is 12.8. The number of aromatic nitrogens is 2. The van der Waals surface area contributed by atoms with Gasteiger partial charge in [-0.2, -0.15) is 5.26 Å². The molecular formula is C32H29F2N5O. The van der Waals surface area contributed by atoms with E-state index in [2.05, 4.69) is 16.0 Å². The zero-order valence-corrected chi connectivity index (χ0v) is 22.8. The van der Waals surface area contributed by atoms with E-state index in [1.807, 2.05) is 68.3 Å². The molecule has 6 nitrogen and oxygen atoms in total. The van der Waals surface area contributed by atoms with Gasteiger partial charge in [0.25, 0.3) is 0 Å². The van der Waals surface area contributed by atoms with Crippen LogP contribution in [0.1, 0.15) is 19.4 Å². The van der Waals surface area contributed by atoms with E-state index in [-0.39, 0.29) is 11.3 Å². The quantitative estimate of drug-likeness (QED) is 0.252. The fourth-order valence-corrected chi connectivity index (χ4v) is 4.63. The molecule has 0 aliphatic carbocycles. The number of benzene rings is 2. The molecular weight excluding hydrogens is 508 g/mol. The molecule has 1 aliphatic rings. The molecule has 0 radical (unpaired) electrons. The molecule has 0 amide bonds. The van der Waals surface area contributed by atoms with E-state index >= 15 is 0 Å². The Morgan fingerprint density at radius 2 is 1.82 bits per heavy atom. The van der Waals surface area contributed by atoms with Crippen molar-refractivity contribution in [3.05, 3.63) is 102 Å². The molecule has 2 aromatic carbocycles. The molecule has 0 fully saturated rings. The Morgan fingerprint density at radius 3 is 2.50 bits per heavy atom. The highest BCUT2D eigenvalue weighted by molar-refractivity contribution is 5.85. The van der Waals surface area contributed by atoms with Gasteiger partial charge < -0.3 is 14.5 Å². The maximum absolute atomic E-state index is 15.0. The second kappa shape index (κ2) is 10.8. The van der Waals surface area contributed by atoms with Crippen LogP contribution in [0, 0.1) is 28.4 Å². The van der Waals surface area contributed by atoms with Crippen LogP contribution in [0.25, 0.3) is 22.0 Å². The van der Waals surface area contributed by atoms with E-state index < -0.39 is 17.0 Å². The topological polar surface area (TPSA) is 65.3 Å². The smallest absolute Gasteiger partial charge is 0.149 e. The lowest BCUT2D eigenvalue weighted by Gasteiger charge is -2.27. The van der Waals surface area contributed by atoms with Crippen molar-refractivity contribution in [2.24, 2.45) is 5.41 Å². The summed E-state index contributed by atoms with van der Waals surface area (Å²) in [6, 6.07) is 16.2. The van der Waals surface area contributed by atoms with Crippen molar-refractivity contribution in [2.75, 3.05) is 30.5 Å². The molecule has 1 aliphatic heterocycles. The van der Waals surface area contributed by atoms with Gasteiger partial charge in [-0.15, -0.1) is 0 Å². The third-order valence-electron chi connectivity index (χ3n) is 7.12. The van der Waals surface area contributed by atoms with E-state index in [1.54, 1.807) is 36.7 Å². The number of methoxy groups -OCH3 is 1. The third-order valence-corrected chi connectivity index (χ3v) is 7.12. The largest absolute Gasteiger partial charge is 0.497 e. The van der Waals surface area contributed by atoms with Crippen molar-refractivity contribution < 1.29 is 13.5 Å². The fourth-order valence-electron chi connectivity index (χ4n) is 4.63. The summed E-state index contributed by atoms with van der Waals surface area (Å²) in [6.45, 7) is 4.68. The number of nitriles is 1. The first-order valence-corrected chi connectivity index (χ1v) is 12.8. The molecule has 40 heavy (non-hydrogen) atoms. The van der Waals surface area contributed by atoms with Gasteiger partial charge >= 0.3 is 0 Å². The Kier molecular flexibility index (Phi) is 7.22. The molecule has 5 rings (SSSR count). The summed E-state index contributed by atoms with van der Waals surface area (Å²) in [5.41, 5.74) is 3.04. The maximum atomic E-state index is 15.0. The fraction of sp³-hybridized carbons (Fsp3) is 0.219. The highest BCUT2D eigenvalue weighted by Gasteiger charge is 2.24. The number of hydrogen-bond donors (Lipinski definition) is 0. The molecule has 0 bridgehead atoms. The monoisotopic (exact) mass is 537 g/mol. The summed E-state index contributed by atoms with van der Waals surface area (Å²) >= 11 is 0. The van der Waals surface area contributed by atoms with E-state index in [0.717, 1.165) is 39.7 Å². The lowest BCUT2D eigenvalue weighted by molar-refractivity contribution is 0.414. The number of pyridine rings is 2. The molecule has 202 valence electrons. The Morgan fingerprint density at radius 1 is 1.05 bits per heavy atom. The van der Waals surface area contributed by atoms with Crippen LogP contribution in [0.3, 0.4) is 0 Å². The van der Waals surface area contributed by atoms with Gasteiger partial charge in [0.05, 0.1) is 29.8 Å². The standard InChI is InChI=1S/C32H29F2N5O/c1-32(2,20-35)24-9-11-39(12-10-24)30-14-26(27(33)15-28(30)34)22-13-23-18-37-31(16-29(23)36-17-22)38(3)19-21-5-7-25(40-4)8-6-21/h5-11,13-18H,12,19H2,1-4H3. The average Bonchev–Trinajstić information content (AvgIpc) is 2.97. The number of ether oxygens (including phenoxy) is 1. The second-order valence-corrected chi connectivity index (χ2v) is 10.3. The minimum absolute atomic E-state index is 0.242. The third kappa shape index (κ3) is 5.36. The molecule has 0 N–H and O–H groups in total.